The highest BCUT2D eigenvalue weighted by atomic mass is 16.5. The lowest BCUT2D eigenvalue weighted by Gasteiger charge is -2.38. The lowest BCUT2D eigenvalue weighted by Crippen LogP contribution is -2.53. The van der Waals surface area contributed by atoms with Crippen LogP contribution in [0.5, 0.6) is 0 Å². The van der Waals surface area contributed by atoms with Crippen LogP contribution in [0.25, 0.3) is 0 Å². The number of nitrogens with zero attached hydrogens (tertiary/aromatic N) is 1. The molecule has 0 bridgehead atoms. The second-order valence-electron chi connectivity index (χ2n) is 6.51. The molecule has 5 nitrogen and oxygen atoms in total. The molecular formula is C15H26N2O3. The highest BCUT2D eigenvalue weighted by molar-refractivity contribution is 5.78. The highest BCUT2D eigenvalue weighted by Gasteiger charge is 2.34. The smallest absolute Gasteiger partial charge is 0.407 e. The van der Waals surface area contributed by atoms with Gasteiger partial charge in [-0.05, 0) is 24.7 Å². The normalized spacial score (nSPS) is 26.5. The van der Waals surface area contributed by atoms with E-state index in [-0.39, 0.29) is 17.9 Å². The molecule has 2 fully saturated rings. The maximum atomic E-state index is 12.2. The van der Waals surface area contributed by atoms with E-state index in [9.17, 15) is 9.59 Å². The van der Waals surface area contributed by atoms with Crippen LogP contribution in [0.4, 0.5) is 4.79 Å². The van der Waals surface area contributed by atoms with E-state index in [1.807, 2.05) is 18.7 Å². The minimum atomic E-state index is -0.404. The summed E-state index contributed by atoms with van der Waals surface area (Å²) in [4.78, 5) is 25.5. The number of likely N-dealkylation sites (tertiary alicyclic amines) is 1. The van der Waals surface area contributed by atoms with E-state index < -0.39 is 6.09 Å². The van der Waals surface area contributed by atoms with Gasteiger partial charge in [-0.2, -0.15) is 0 Å². The zero-order chi connectivity index (χ0) is 14.7. The predicted octanol–water partition coefficient (Wildman–Crippen LogP) is 2.02. The molecule has 2 aliphatic rings. The highest BCUT2D eigenvalue weighted by Crippen LogP contribution is 2.37. The van der Waals surface area contributed by atoms with Gasteiger partial charge in [-0.3, -0.25) is 4.79 Å². The monoisotopic (exact) mass is 282 g/mol. The largest absolute Gasteiger partial charge is 0.453 e. The Morgan fingerprint density at radius 1 is 1.25 bits per heavy atom. The number of hydrogen-bond donors (Lipinski definition) is 1. The van der Waals surface area contributed by atoms with Gasteiger partial charge in [0.15, 0.2) is 0 Å². The number of hydrogen-bond acceptors (Lipinski definition) is 3. The van der Waals surface area contributed by atoms with Crippen LogP contribution in [0, 0.1) is 17.8 Å². The number of carbonyl (C=O) groups excluding carboxylic acids is 2. The molecule has 0 aromatic rings. The fraction of sp³-hybridized carbons (Fsp3) is 0.867. The maximum absolute atomic E-state index is 12.2. The SMILES string of the molecule is COC(=O)NC1CC(CC2CC2)CN(C(=O)C(C)C)C1. The van der Waals surface area contributed by atoms with Crippen molar-refractivity contribution in [3.63, 3.8) is 0 Å². The van der Waals surface area contributed by atoms with Crippen molar-refractivity contribution in [3.05, 3.63) is 0 Å². The first-order chi connectivity index (χ1) is 9.49. The Morgan fingerprint density at radius 2 is 1.95 bits per heavy atom. The third-order valence-corrected chi connectivity index (χ3v) is 4.21. The zero-order valence-corrected chi connectivity index (χ0v) is 12.7. The molecule has 2 amide bonds. The van der Waals surface area contributed by atoms with E-state index in [0.29, 0.717) is 12.5 Å². The molecule has 0 aromatic carbocycles. The molecule has 5 heteroatoms. The quantitative estimate of drug-likeness (QED) is 0.858. The van der Waals surface area contributed by atoms with Gasteiger partial charge in [-0.1, -0.05) is 26.7 Å². The molecular weight excluding hydrogens is 256 g/mol. The molecule has 20 heavy (non-hydrogen) atoms. The fourth-order valence-electron chi connectivity index (χ4n) is 3.07. The summed E-state index contributed by atoms with van der Waals surface area (Å²) >= 11 is 0. The van der Waals surface area contributed by atoms with Crippen molar-refractivity contribution in [3.8, 4) is 0 Å². The Kier molecular flexibility index (Phi) is 4.89. The molecule has 1 N–H and O–H groups in total. The molecule has 1 saturated heterocycles. The Labute approximate surface area is 121 Å². The number of ether oxygens (including phenoxy) is 1. The lowest BCUT2D eigenvalue weighted by molar-refractivity contribution is -0.137. The molecule has 0 aromatic heterocycles. The molecule has 0 spiro atoms. The molecule has 1 aliphatic heterocycles. The summed E-state index contributed by atoms with van der Waals surface area (Å²) in [6.45, 7) is 5.30. The van der Waals surface area contributed by atoms with Crippen LogP contribution in [0.1, 0.15) is 39.5 Å². The Balaban J connectivity index is 1.97. The number of nitrogens with one attached hydrogen (secondary N) is 1. The van der Waals surface area contributed by atoms with E-state index in [1.165, 1.54) is 26.4 Å². The summed E-state index contributed by atoms with van der Waals surface area (Å²) < 4.78 is 4.67. The second kappa shape index (κ2) is 6.46. The molecule has 1 heterocycles. The molecule has 0 radical (unpaired) electrons. The van der Waals surface area contributed by atoms with Gasteiger partial charge in [0.05, 0.1) is 13.2 Å². The molecule has 2 unspecified atom stereocenters. The number of amides is 2. The van der Waals surface area contributed by atoms with Crippen LogP contribution >= 0.6 is 0 Å². The van der Waals surface area contributed by atoms with Crippen molar-refractivity contribution in [1.29, 1.82) is 0 Å². The van der Waals surface area contributed by atoms with Crippen LogP contribution in [-0.4, -0.2) is 43.1 Å². The molecule has 1 aliphatic carbocycles. The molecule has 2 atom stereocenters. The summed E-state index contributed by atoms with van der Waals surface area (Å²) in [5.74, 6) is 1.53. The van der Waals surface area contributed by atoms with E-state index in [1.54, 1.807) is 0 Å². The van der Waals surface area contributed by atoms with Crippen LogP contribution in [-0.2, 0) is 9.53 Å². The summed E-state index contributed by atoms with van der Waals surface area (Å²) in [5, 5.41) is 2.86. The van der Waals surface area contributed by atoms with Crippen molar-refractivity contribution in [2.75, 3.05) is 20.2 Å². The zero-order valence-electron chi connectivity index (χ0n) is 12.7. The van der Waals surface area contributed by atoms with Gasteiger partial charge < -0.3 is 15.0 Å². The third-order valence-electron chi connectivity index (χ3n) is 4.21. The van der Waals surface area contributed by atoms with Gasteiger partial charge in [0.2, 0.25) is 5.91 Å². The predicted molar refractivity (Wildman–Crippen MR) is 76.2 cm³/mol. The first-order valence-electron chi connectivity index (χ1n) is 7.62. The Morgan fingerprint density at radius 3 is 2.50 bits per heavy atom. The van der Waals surface area contributed by atoms with Gasteiger partial charge >= 0.3 is 6.09 Å². The standard InChI is InChI=1S/C15H26N2O3/c1-10(2)14(18)17-8-12(6-11-4-5-11)7-13(9-17)16-15(19)20-3/h10-13H,4-9H2,1-3H3,(H,16,19). The van der Waals surface area contributed by atoms with Crippen LogP contribution in [0.2, 0.25) is 0 Å². The minimum Gasteiger partial charge on any atom is -0.453 e. The summed E-state index contributed by atoms with van der Waals surface area (Å²) in [7, 11) is 1.37. The van der Waals surface area contributed by atoms with Crippen molar-refractivity contribution in [2.45, 2.75) is 45.6 Å². The van der Waals surface area contributed by atoms with Crippen molar-refractivity contribution in [2.24, 2.45) is 17.8 Å². The lowest BCUT2D eigenvalue weighted by atomic mass is 9.89. The van der Waals surface area contributed by atoms with Crippen molar-refractivity contribution >= 4 is 12.0 Å². The van der Waals surface area contributed by atoms with Crippen LogP contribution in [0.15, 0.2) is 0 Å². The number of alkyl carbamates (subject to hydrolysis) is 1. The first kappa shape index (κ1) is 15.1. The molecule has 1 saturated carbocycles. The number of methoxy groups -OCH3 is 1. The molecule has 2 rings (SSSR count). The minimum absolute atomic E-state index is 0.00783. The van der Waals surface area contributed by atoms with Gasteiger partial charge in [0, 0.05) is 19.0 Å². The number of rotatable bonds is 4. The van der Waals surface area contributed by atoms with Gasteiger partial charge in [0.1, 0.15) is 0 Å². The van der Waals surface area contributed by atoms with E-state index in [4.69, 9.17) is 0 Å². The maximum Gasteiger partial charge on any atom is 0.407 e. The van der Waals surface area contributed by atoms with Crippen molar-refractivity contribution < 1.29 is 14.3 Å². The van der Waals surface area contributed by atoms with E-state index >= 15 is 0 Å². The summed E-state index contributed by atoms with van der Waals surface area (Å²) in [6.07, 6.45) is 4.38. The van der Waals surface area contributed by atoms with Gasteiger partial charge in [-0.15, -0.1) is 0 Å². The Hall–Kier alpha value is -1.26. The van der Waals surface area contributed by atoms with Gasteiger partial charge in [0.25, 0.3) is 0 Å². The average Bonchev–Trinajstić information content (AvgIpc) is 3.21. The van der Waals surface area contributed by atoms with Crippen molar-refractivity contribution in [1.82, 2.24) is 10.2 Å². The van der Waals surface area contributed by atoms with E-state index in [2.05, 4.69) is 10.1 Å². The van der Waals surface area contributed by atoms with E-state index in [0.717, 1.165) is 18.9 Å². The topological polar surface area (TPSA) is 58.6 Å². The number of piperidine rings is 1. The van der Waals surface area contributed by atoms with Crippen LogP contribution in [0.3, 0.4) is 0 Å². The molecule has 114 valence electrons. The summed E-state index contributed by atoms with van der Waals surface area (Å²) in [5.41, 5.74) is 0. The average molecular weight is 282 g/mol. The van der Waals surface area contributed by atoms with Crippen LogP contribution < -0.4 is 5.32 Å². The fourth-order valence-corrected chi connectivity index (χ4v) is 3.07. The number of carbonyl (C=O) groups is 2. The summed E-state index contributed by atoms with van der Waals surface area (Å²) in [6, 6.07) is 0.0163. The third kappa shape index (κ3) is 4.12. The first-order valence-corrected chi connectivity index (χ1v) is 7.62. The van der Waals surface area contributed by atoms with Gasteiger partial charge in [-0.25, -0.2) is 4.79 Å². The Bertz CT molecular complexity index is 366. The second-order valence-corrected chi connectivity index (χ2v) is 6.51.